The van der Waals surface area contributed by atoms with Gasteiger partial charge in [0.25, 0.3) is 0 Å². The molecule has 1 rings (SSSR count). The average Bonchev–Trinajstić information content (AvgIpc) is 2.16. The summed E-state index contributed by atoms with van der Waals surface area (Å²) in [4.78, 5) is 0. The summed E-state index contributed by atoms with van der Waals surface area (Å²) < 4.78 is 0. The Kier molecular flexibility index (Phi) is 3.75. The number of rotatable bonds is 3. The van der Waals surface area contributed by atoms with E-state index in [0.717, 1.165) is 18.4 Å². The maximum absolute atomic E-state index is 9.61. The zero-order chi connectivity index (χ0) is 10.6. The Morgan fingerprint density at radius 3 is 2.64 bits per heavy atom. The van der Waals surface area contributed by atoms with Crippen LogP contribution in [0.1, 0.15) is 31.9 Å². The molecule has 14 heavy (non-hydrogen) atoms. The standard InChI is InChI=1S/C13H18O/c1-4-11-6-8-13(14)12(9-11)7-5-10(2)3/h5-6,8-9,14H,4,7H2,1-3H3. The van der Waals surface area contributed by atoms with Crippen molar-refractivity contribution in [2.24, 2.45) is 0 Å². The Bertz CT molecular complexity index is 333. The first kappa shape index (κ1) is 10.8. The third kappa shape index (κ3) is 2.91. The highest BCUT2D eigenvalue weighted by Gasteiger charge is 2.00. The number of phenolic OH excluding ortho intramolecular Hbond substituents is 1. The summed E-state index contributed by atoms with van der Waals surface area (Å²) in [5.41, 5.74) is 3.58. The van der Waals surface area contributed by atoms with Gasteiger partial charge < -0.3 is 5.11 Å². The Morgan fingerprint density at radius 1 is 1.36 bits per heavy atom. The monoisotopic (exact) mass is 190 g/mol. The predicted octanol–water partition coefficient (Wildman–Crippen LogP) is 3.46. The van der Waals surface area contributed by atoms with Crippen molar-refractivity contribution in [2.45, 2.75) is 33.6 Å². The average molecular weight is 190 g/mol. The molecule has 76 valence electrons. The van der Waals surface area contributed by atoms with E-state index < -0.39 is 0 Å². The predicted molar refractivity (Wildman–Crippen MR) is 60.6 cm³/mol. The number of benzene rings is 1. The number of phenols is 1. The zero-order valence-corrected chi connectivity index (χ0v) is 9.17. The van der Waals surface area contributed by atoms with E-state index in [-0.39, 0.29) is 0 Å². The van der Waals surface area contributed by atoms with Crippen molar-refractivity contribution in [1.82, 2.24) is 0 Å². The molecule has 0 fully saturated rings. The first-order valence-corrected chi connectivity index (χ1v) is 5.07. The van der Waals surface area contributed by atoms with Crippen molar-refractivity contribution in [3.63, 3.8) is 0 Å². The largest absolute Gasteiger partial charge is 0.508 e. The van der Waals surface area contributed by atoms with Crippen molar-refractivity contribution in [2.75, 3.05) is 0 Å². The minimum atomic E-state index is 0.403. The van der Waals surface area contributed by atoms with Crippen LogP contribution in [0.25, 0.3) is 0 Å². The molecular formula is C13H18O. The Morgan fingerprint density at radius 2 is 2.07 bits per heavy atom. The smallest absolute Gasteiger partial charge is 0.119 e. The second-order valence-corrected chi connectivity index (χ2v) is 3.80. The number of hydrogen-bond donors (Lipinski definition) is 1. The molecule has 0 aliphatic rings. The van der Waals surface area contributed by atoms with E-state index >= 15 is 0 Å². The lowest BCUT2D eigenvalue weighted by Gasteiger charge is -2.04. The van der Waals surface area contributed by atoms with Gasteiger partial charge in [-0.2, -0.15) is 0 Å². The zero-order valence-electron chi connectivity index (χ0n) is 9.17. The van der Waals surface area contributed by atoms with Gasteiger partial charge in [0.15, 0.2) is 0 Å². The summed E-state index contributed by atoms with van der Waals surface area (Å²) >= 11 is 0. The molecule has 0 aliphatic carbocycles. The molecule has 0 radical (unpaired) electrons. The fourth-order valence-electron chi connectivity index (χ4n) is 1.34. The highest BCUT2D eigenvalue weighted by Crippen LogP contribution is 2.20. The lowest BCUT2D eigenvalue weighted by atomic mass is 10.0. The number of aromatic hydroxyl groups is 1. The fourth-order valence-corrected chi connectivity index (χ4v) is 1.34. The third-order valence-corrected chi connectivity index (χ3v) is 2.28. The summed E-state index contributed by atoms with van der Waals surface area (Å²) in [6.45, 7) is 6.26. The second-order valence-electron chi connectivity index (χ2n) is 3.80. The highest BCUT2D eigenvalue weighted by atomic mass is 16.3. The summed E-state index contributed by atoms with van der Waals surface area (Å²) in [7, 11) is 0. The van der Waals surface area contributed by atoms with Gasteiger partial charge in [0.2, 0.25) is 0 Å². The molecule has 1 aromatic rings. The first-order valence-electron chi connectivity index (χ1n) is 5.07. The SMILES string of the molecule is CCc1ccc(O)c(CC=C(C)C)c1. The van der Waals surface area contributed by atoms with Crippen LogP contribution >= 0.6 is 0 Å². The van der Waals surface area contributed by atoms with Gasteiger partial charge in [0.1, 0.15) is 5.75 Å². The van der Waals surface area contributed by atoms with Crippen molar-refractivity contribution < 1.29 is 5.11 Å². The number of allylic oxidation sites excluding steroid dienone is 2. The van der Waals surface area contributed by atoms with Crippen LogP contribution in [0, 0.1) is 0 Å². The van der Waals surface area contributed by atoms with E-state index in [0.29, 0.717) is 5.75 Å². The summed E-state index contributed by atoms with van der Waals surface area (Å²) in [6.07, 6.45) is 3.97. The van der Waals surface area contributed by atoms with Crippen LogP contribution in [0.3, 0.4) is 0 Å². The first-order chi connectivity index (χ1) is 6.63. The molecule has 0 saturated heterocycles. The van der Waals surface area contributed by atoms with Crippen molar-refractivity contribution >= 4 is 0 Å². The minimum absolute atomic E-state index is 0.403. The van der Waals surface area contributed by atoms with Gasteiger partial charge >= 0.3 is 0 Å². The molecule has 0 bridgehead atoms. The Balaban J connectivity index is 2.89. The summed E-state index contributed by atoms with van der Waals surface area (Å²) in [5, 5.41) is 9.61. The maximum Gasteiger partial charge on any atom is 0.119 e. The second kappa shape index (κ2) is 4.85. The lowest BCUT2D eigenvalue weighted by molar-refractivity contribution is 0.469. The van der Waals surface area contributed by atoms with Crippen molar-refractivity contribution in [1.29, 1.82) is 0 Å². The van der Waals surface area contributed by atoms with Crippen molar-refractivity contribution in [3.8, 4) is 5.75 Å². The van der Waals surface area contributed by atoms with Crippen molar-refractivity contribution in [3.05, 3.63) is 41.0 Å². The van der Waals surface area contributed by atoms with Crippen LogP contribution in [0.5, 0.6) is 5.75 Å². The van der Waals surface area contributed by atoms with Crippen LogP contribution in [0.15, 0.2) is 29.8 Å². The van der Waals surface area contributed by atoms with Crippen LogP contribution < -0.4 is 0 Å². The molecule has 0 heterocycles. The molecule has 0 aliphatic heterocycles. The molecule has 1 N–H and O–H groups in total. The van der Waals surface area contributed by atoms with Gasteiger partial charge in [-0.25, -0.2) is 0 Å². The molecule has 0 spiro atoms. The van der Waals surface area contributed by atoms with Gasteiger partial charge in [-0.3, -0.25) is 0 Å². The molecule has 0 atom stereocenters. The Hall–Kier alpha value is -1.24. The van der Waals surface area contributed by atoms with Gasteiger partial charge in [0.05, 0.1) is 0 Å². The van der Waals surface area contributed by atoms with Crippen LogP contribution in [-0.2, 0) is 12.8 Å². The molecule has 1 heteroatoms. The topological polar surface area (TPSA) is 20.2 Å². The van der Waals surface area contributed by atoms with Gasteiger partial charge in [-0.05, 0) is 43.9 Å². The quantitative estimate of drug-likeness (QED) is 0.724. The summed E-state index contributed by atoms with van der Waals surface area (Å²) in [5.74, 6) is 0.403. The lowest BCUT2D eigenvalue weighted by Crippen LogP contribution is -1.87. The van der Waals surface area contributed by atoms with Crippen LogP contribution in [-0.4, -0.2) is 5.11 Å². The Labute approximate surface area is 86.1 Å². The number of hydrogen-bond acceptors (Lipinski definition) is 1. The van der Waals surface area contributed by atoms with Crippen LogP contribution in [0.2, 0.25) is 0 Å². The van der Waals surface area contributed by atoms with E-state index in [2.05, 4.69) is 32.9 Å². The van der Waals surface area contributed by atoms with Crippen LogP contribution in [0.4, 0.5) is 0 Å². The van der Waals surface area contributed by atoms with E-state index in [1.54, 1.807) is 6.07 Å². The molecule has 0 unspecified atom stereocenters. The number of aryl methyl sites for hydroxylation is 1. The third-order valence-electron chi connectivity index (χ3n) is 2.28. The maximum atomic E-state index is 9.61. The fraction of sp³-hybridized carbons (Fsp3) is 0.385. The normalized spacial score (nSPS) is 9.93. The molecule has 1 aromatic carbocycles. The molecule has 0 aromatic heterocycles. The molecule has 0 saturated carbocycles. The van der Waals surface area contributed by atoms with Gasteiger partial charge in [0, 0.05) is 0 Å². The van der Waals surface area contributed by atoms with E-state index in [1.807, 2.05) is 6.07 Å². The van der Waals surface area contributed by atoms with E-state index in [9.17, 15) is 5.11 Å². The minimum Gasteiger partial charge on any atom is -0.508 e. The molecule has 1 nitrogen and oxygen atoms in total. The molecular weight excluding hydrogens is 172 g/mol. The van der Waals surface area contributed by atoms with Gasteiger partial charge in [-0.15, -0.1) is 0 Å². The highest BCUT2D eigenvalue weighted by molar-refractivity contribution is 5.37. The van der Waals surface area contributed by atoms with E-state index in [4.69, 9.17) is 0 Å². The summed E-state index contributed by atoms with van der Waals surface area (Å²) in [6, 6.07) is 5.84. The molecule has 0 amide bonds. The van der Waals surface area contributed by atoms with Gasteiger partial charge in [-0.1, -0.05) is 30.7 Å². The van der Waals surface area contributed by atoms with E-state index in [1.165, 1.54) is 11.1 Å².